The van der Waals surface area contributed by atoms with Crippen LogP contribution in [-0.4, -0.2) is 11.9 Å². The van der Waals surface area contributed by atoms with Crippen molar-refractivity contribution in [1.29, 1.82) is 0 Å². The third-order valence-corrected chi connectivity index (χ3v) is 6.11. The van der Waals surface area contributed by atoms with E-state index in [1.807, 2.05) is 0 Å². The second kappa shape index (κ2) is 2.89. The summed E-state index contributed by atoms with van der Waals surface area (Å²) in [7, 11) is 0. The molecule has 0 aromatic heterocycles. The monoisotopic (exact) mass is 246 g/mol. The van der Waals surface area contributed by atoms with Crippen molar-refractivity contribution in [2.75, 3.05) is 0 Å². The molecule has 1 saturated heterocycles. The van der Waals surface area contributed by atoms with Crippen LogP contribution in [0.15, 0.2) is 11.1 Å². The van der Waals surface area contributed by atoms with Gasteiger partial charge >= 0.3 is 11.9 Å². The third kappa shape index (κ3) is 0.773. The van der Waals surface area contributed by atoms with Gasteiger partial charge in [-0.2, -0.15) is 0 Å². The lowest BCUT2D eigenvalue weighted by molar-refractivity contribution is -0.157. The van der Waals surface area contributed by atoms with E-state index in [1.165, 1.54) is 11.1 Å². The number of cyclic esters (lactones) is 2. The zero-order valence-electron chi connectivity index (χ0n) is 10.9. The molecule has 0 aromatic rings. The predicted molar refractivity (Wildman–Crippen MR) is 64.4 cm³/mol. The fourth-order valence-corrected chi connectivity index (χ4v) is 5.79. The molecule has 4 fully saturated rings. The van der Waals surface area contributed by atoms with Crippen LogP contribution in [0.5, 0.6) is 0 Å². The van der Waals surface area contributed by atoms with Gasteiger partial charge in [0.2, 0.25) is 0 Å². The van der Waals surface area contributed by atoms with Gasteiger partial charge in [-0.05, 0) is 51.4 Å². The molecule has 3 aliphatic carbocycles. The summed E-state index contributed by atoms with van der Waals surface area (Å²) in [6.07, 6.45) is 4.85. The number of allylic oxidation sites excluding steroid dienone is 2. The average molecular weight is 246 g/mol. The molecule has 2 bridgehead atoms. The minimum Gasteiger partial charge on any atom is -0.392 e. The number of carbonyl (C=O) groups is 2. The fraction of sp³-hybridized carbons (Fsp3) is 0.733. The maximum Gasteiger partial charge on any atom is 0.321 e. The lowest BCUT2D eigenvalue weighted by atomic mass is 9.59. The summed E-state index contributed by atoms with van der Waals surface area (Å²) in [6.45, 7) is 4.25. The molecule has 18 heavy (non-hydrogen) atoms. The van der Waals surface area contributed by atoms with Crippen LogP contribution in [0, 0.1) is 22.7 Å². The van der Waals surface area contributed by atoms with E-state index in [1.54, 1.807) is 0 Å². The molecule has 3 heteroatoms. The number of hydrogen-bond donors (Lipinski definition) is 0. The molecule has 3 nitrogen and oxygen atoms in total. The molecule has 4 atom stereocenters. The lowest BCUT2D eigenvalue weighted by Crippen LogP contribution is -2.45. The minimum atomic E-state index is -0.473. The van der Waals surface area contributed by atoms with E-state index >= 15 is 0 Å². The van der Waals surface area contributed by atoms with Crippen molar-refractivity contribution in [3.8, 4) is 0 Å². The van der Waals surface area contributed by atoms with Crippen molar-refractivity contribution in [3.63, 3.8) is 0 Å². The Morgan fingerprint density at radius 1 is 1.06 bits per heavy atom. The van der Waals surface area contributed by atoms with Gasteiger partial charge in [0.15, 0.2) is 0 Å². The predicted octanol–water partition coefficient (Wildman–Crippen LogP) is 2.60. The van der Waals surface area contributed by atoms with E-state index in [0.29, 0.717) is 0 Å². The van der Waals surface area contributed by atoms with Gasteiger partial charge < -0.3 is 4.74 Å². The Bertz CT molecular complexity index is 476. The van der Waals surface area contributed by atoms with Crippen molar-refractivity contribution in [2.24, 2.45) is 22.7 Å². The van der Waals surface area contributed by atoms with Gasteiger partial charge in [0.1, 0.15) is 0 Å². The lowest BCUT2D eigenvalue weighted by Gasteiger charge is -2.37. The molecule has 96 valence electrons. The summed E-state index contributed by atoms with van der Waals surface area (Å²) in [5.74, 6) is 0.148. The zero-order valence-corrected chi connectivity index (χ0v) is 10.9. The first-order valence-corrected chi connectivity index (χ1v) is 6.99. The Kier molecular flexibility index (Phi) is 1.73. The van der Waals surface area contributed by atoms with E-state index in [9.17, 15) is 9.59 Å². The van der Waals surface area contributed by atoms with Gasteiger partial charge in [-0.3, -0.25) is 9.59 Å². The largest absolute Gasteiger partial charge is 0.392 e. The molecule has 4 aliphatic rings. The van der Waals surface area contributed by atoms with Crippen LogP contribution in [0.2, 0.25) is 0 Å². The first kappa shape index (κ1) is 10.8. The van der Waals surface area contributed by atoms with Gasteiger partial charge in [-0.1, -0.05) is 17.6 Å². The van der Waals surface area contributed by atoms with E-state index in [0.717, 1.165) is 32.1 Å². The average Bonchev–Trinajstić information content (AvgIpc) is 2.99. The van der Waals surface area contributed by atoms with Crippen molar-refractivity contribution in [2.45, 2.75) is 46.0 Å². The van der Waals surface area contributed by atoms with Gasteiger partial charge in [-0.25, -0.2) is 0 Å². The second-order valence-corrected chi connectivity index (χ2v) is 6.61. The van der Waals surface area contributed by atoms with E-state index in [2.05, 4.69) is 13.8 Å². The van der Waals surface area contributed by atoms with Crippen LogP contribution in [-0.2, 0) is 14.3 Å². The molecule has 4 rings (SSSR count). The third-order valence-electron chi connectivity index (χ3n) is 6.11. The van der Waals surface area contributed by atoms with Crippen molar-refractivity contribution in [3.05, 3.63) is 11.1 Å². The number of rotatable bonds is 0. The van der Waals surface area contributed by atoms with Crippen LogP contribution in [0.25, 0.3) is 0 Å². The van der Waals surface area contributed by atoms with Crippen LogP contribution < -0.4 is 0 Å². The Morgan fingerprint density at radius 3 is 2.00 bits per heavy atom. The maximum absolute atomic E-state index is 12.4. The van der Waals surface area contributed by atoms with Gasteiger partial charge in [0.05, 0.1) is 10.8 Å². The number of carbonyl (C=O) groups excluding carboxylic acids is 2. The van der Waals surface area contributed by atoms with Crippen LogP contribution in [0.1, 0.15) is 46.0 Å². The molecular formula is C15H18O3. The molecule has 1 heterocycles. The molecule has 1 aliphatic heterocycles. The molecule has 0 aromatic carbocycles. The Balaban J connectivity index is 2.03. The molecule has 0 amide bonds. The van der Waals surface area contributed by atoms with E-state index < -0.39 is 10.8 Å². The number of esters is 2. The molecule has 0 N–H and O–H groups in total. The SMILES string of the molecule is CC(C)=C1[C@H]2CC[C@@H]1[C@@]13CCC[C@@]21C(=O)OC3=O. The highest BCUT2D eigenvalue weighted by Crippen LogP contribution is 2.78. The Morgan fingerprint density at radius 2 is 1.56 bits per heavy atom. The molecular weight excluding hydrogens is 228 g/mol. The van der Waals surface area contributed by atoms with Crippen molar-refractivity contribution < 1.29 is 14.3 Å². The summed E-state index contributed by atoms with van der Waals surface area (Å²) in [6, 6.07) is 0. The van der Waals surface area contributed by atoms with E-state index in [-0.39, 0.29) is 23.8 Å². The smallest absolute Gasteiger partial charge is 0.321 e. The normalized spacial score (nSPS) is 48.4. The van der Waals surface area contributed by atoms with Crippen LogP contribution in [0.4, 0.5) is 0 Å². The van der Waals surface area contributed by atoms with E-state index in [4.69, 9.17) is 4.74 Å². The zero-order chi connectivity index (χ0) is 12.7. The summed E-state index contributed by atoms with van der Waals surface area (Å²) in [5.41, 5.74) is 1.79. The van der Waals surface area contributed by atoms with Gasteiger partial charge in [0, 0.05) is 0 Å². The van der Waals surface area contributed by atoms with Gasteiger partial charge in [-0.15, -0.1) is 0 Å². The summed E-state index contributed by atoms with van der Waals surface area (Å²) in [5, 5.41) is 0. The van der Waals surface area contributed by atoms with Crippen molar-refractivity contribution in [1.82, 2.24) is 0 Å². The maximum atomic E-state index is 12.4. The Labute approximate surface area is 107 Å². The minimum absolute atomic E-state index is 0.212. The molecule has 0 radical (unpaired) electrons. The number of hydrogen-bond acceptors (Lipinski definition) is 3. The second-order valence-electron chi connectivity index (χ2n) is 6.61. The van der Waals surface area contributed by atoms with Crippen molar-refractivity contribution >= 4 is 11.9 Å². The molecule has 3 saturated carbocycles. The van der Waals surface area contributed by atoms with Gasteiger partial charge in [0.25, 0.3) is 0 Å². The molecule has 0 spiro atoms. The highest BCUT2D eigenvalue weighted by atomic mass is 16.6. The summed E-state index contributed by atoms with van der Waals surface area (Å²) >= 11 is 0. The molecule has 0 unspecified atom stereocenters. The number of fused-ring (bicyclic) bond motifs is 2. The first-order valence-electron chi connectivity index (χ1n) is 6.99. The Hall–Kier alpha value is -1.12. The summed E-state index contributed by atoms with van der Waals surface area (Å²) < 4.78 is 5.09. The fourth-order valence-electron chi connectivity index (χ4n) is 5.79. The summed E-state index contributed by atoms with van der Waals surface area (Å²) in [4.78, 5) is 24.7. The topological polar surface area (TPSA) is 43.4 Å². The highest BCUT2D eigenvalue weighted by molar-refractivity contribution is 6.04. The van der Waals surface area contributed by atoms with Crippen LogP contribution >= 0.6 is 0 Å². The van der Waals surface area contributed by atoms with Crippen LogP contribution in [0.3, 0.4) is 0 Å². The standard InChI is InChI=1S/C15H18O3/c1-8(2)11-9-4-5-10(11)15-7-3-6-14(9,15)12(16)18-13(15)17/h9-10H,3-7H2,1-2H3/t9-,10+,14+,15-. The highest BCUT2D eigenvalue weighted by Gasteiger charge is 2.82. The quantitative estimate of drug-likeness (QED) is 0.375. The first-order chi connectivity index (χ1) is 8.55. The number of ether oxygens (including phenoxy) is 1.